The summed E-state index contributed by atoms with van der Waals surface area (Å²) in [7, 11) is 1.53. The SMILES string of the molecule is COc1ccc(C=CCCNC(=O)OCC2c3ccccc3-c3ccccc32)c(C(=O)NN)c1. The number of hydrogen-bond acceptors (Lipinski definition) is 5. The predicted molar refractivity (Wildman–Crippen MR) is 131 cm³/mol. The molecule has 0 unspecified atom stereocenters. The lowest BCUT2D eigenvalue weighted by Gasteiger charge is -2.14. The van der Waals surface area contributed by atoms with Gasteiger partial charge < -0.3 is 14.8 Å². The molecule has 34 heavy (non-hydrogen) atoms. The molecule has 1 aliphatic rings. The standard InChI is InChI=1S/C27H27N3O4/c1-33-19-14-13-18(24(16-19)26(31)30-28)8-6-7-15-29-27(32)34-17-25-22-11-4-2-9-20(22)21-10-3-5-12-23(21)25/h2-6,8-14,16,25H,7,15,17,28H2,1H3,(H,29,32)(H,30,31). The van der Waals surface area contributed by atoms with Gasteiger partial charge in [0.2, 0.25) is 0 Å². The number of carbonyl (C=O) groups is 2. The molecule has 3 aromatic rings. The molecular weight excluding hydrogens is 430 g/mol. The van der Waals surface area contributed by atoms with Crippen molar-refractivity contribution in [3.05, 3.63) is 95.1 Å². The summed E-state index contributed by atoms with van der Waals surface area (Å²) < 4.78 is 10.7. The third-order valence-electron chi connectivity index (χ3n) is 5.86. The van der Waals surface area contributed by atoms with Crippen molar-refractivity contribution >= 4 is 18.1 Å². The molecule has 0 saturated carbocycles. The highest BCUT2D eigenvalue weighted by Crippen LogP contribution is 2.44. The number of rotatable bonds is 8. The third-order valence-corrected chi connectivity index (χ3v) is 5.86. The molecule has 7 heteroatoms. The second-order valence-electron chi connectivity index (χ2n) is 7.87. The number of carbonyl (C=O) groups excluding carboxylic acids is 2. The van der Waals surface area contributed by atoms with Crippen molar-refractivity contribution in [1.82, 2.24) is 10.7 Å². The summed E-state index contributed by atoms with van der Waals surface area (Å²) in [5, 5.41) is 2.78. The number of ether oxygens (including phenoxy) is 2. The second kappa shape index (κ2) is 10.7. The molecule has 0 aromatic heterocycles. The van der Waals surface area contributed by atoms with Gasteiger partial charge in [-0.2, -0.15) is 0 Å². The Kier molecular flexibility index (Phi) is 7.25. The molecular formula is C27H27N3O4. The fourth-order valence-corrected chi connectivity index (χ4v) is 4.20. The maximum absolute atomic E-state index is 12.3. The minimum Gasteiger partial charge on any atom is -0.497 e. The minimum atomic E-state index is -0.456. The highest BCUT2D eigenvalue weighted by atomic mass is 16.5. The van der Waals surface area contributed by atoms with Gasteiger partial charge in [-0.05, 0) is 46.4 Å². The summed E-state index contributed by atoms with van der Waals surface area (Å²) in [5.41, 5.74) is 7.98. The lowest BCUT2D eigenvalue weighted by atomic mass is 9.98. The minimum absolute atomic E-state index is 0.0280. The van der Waals surface area contributed by atoms with Crippen LogP contribution in [0.15, 0.2) is 72.8 Å². The Morgan fingerprint density at radius 2 is 1.68 bits per heavy atom. The Bertz CT molecular complexity index is 1180. The van der Waals surface area contributed by atoms with Gasteiger partial charge in [0, 0.05) is 12.5 Å². The van der Waals surface area contributed by atoms with Gasteiger partial charge in [-0.1, -0.05) is 66.7 Å². The highest BCUT2D eigenvalue weighted by Gasteiger charge is 2.28. The van der Waals surface area contributed by atoms with Crippen LogP contribution in [0.4, 0.5) is 4.79 Å². The molecule has 7 nitrogen and oxygen atoms in total. The van der Waals surface area contributed by atoms with Gasteiger partial charge in [-0.25, -0.2) is 10.6 Å². The molecule has 0 fully saturated rings. The van der Waals surface area contributed by atoms with Crippen LogP contribution in [-0.2, 0) is 4.74 Å². The predicted octanol–water partition coefficient (Wildman–Crippen LogP) is 4.24. The monoisotopic (exact) mass is 457 g/mol. The smallest absolute Gasteiger partial charge is 0.407 e. The van der Waals surface area contributed by atoms with Crippen molar-refractivity contribution in [2.45, 2.75) is 12.3 Å². The first-order chi connectivity index (χ1) is 16.6. The number of methoxy groups -OCH3 is 1. The van der Waals surface area contributed by atoms with Crippen molar-refractivity contribution in [2.75, 3.05) is 20.3 Å². The van der Waals surface area contributed by atoms with Crippen LogP contribution in [0, 0.1) is 0 Å². The average molecular weight is 458 g/mol. The Labute approximate surface area is 198 Å². The number of benzene rings is 3. The van der Waals surface area contributed by atoms with Gasteiger partial charge >= 0.3 is 6.09 Å². The van der Waals surface area contributed by atoms with Gasteiger partial charge in [0.25, 0.3) is 5.91 Å². The van der Waals surface area contributed by atoms with Crippen LogP contribution in [0.2, 0.25) is 0 Å². The van der Waals surface area contributed by atoms with Crippen LogP contribution in [-0.4, -0.2) is 32.3 Å². The van der Waals surface area contributed by atoms with Crippen LogP contribution in [0.3, 0.4) is 0 Å². The largest absolute Gasteiger partial charge is 0.497 e. The molecule has 0 aliphatic heterocycles. The first-order valence-electron chi connectivity index (χ1n) is 11.1. The second-order valence-corrected chi connectivity index (χ2v) is 7.87. The zero-order chi connectivity index (χ0) is 23.9. The van der Waals surface area contributed by atoms with Gasteiger partial charge in [-0.15, -0.1) is 0 Å². The summed E-state index contributed by atoms with van der Waals surface area (Å²) in [4.78, 5) is 24.3. The normalized spacial score (nSPS) is 12.2. The number of hydrogen-bond donors (Lipinski definition) is 3. The number of nitrogens with two attached hydrogens (primary N) is 1. The molecule has 4 N–H and O–H groups in total. The molecule has 1 aliphatic carbocycles. The molecule has 4 rings (SSSR count). The first kappa shape index (κ1) is 23.1. The van der Waals surface area contributed by atoms with E-state index in [1.165, 1.54) is 29.4 Å². The Morgan fingerprint density at radius 3 is 2.32 bits per heavy atom. The summed E-state index contributed by atoms with van der Waals surface area (Å²) in [6.07, 6.45) is 3.80. The molecule has 174 valence electrons. The summed E-state index contributed by atoms with van der Waals surface area (Å²) in [6, 6.07) is 21.6. The molecule has 0 bridgehead atoms. The summed E-state index contributed by atoms with van der Waals surface area (Å²) in [5.74, 6) is 5.46. The van der Waals surface area contributed by atoms with E-state index in [1.807, 2.05) is 36.4 Å². The summed E-state index contributed by atoms with van der Waals surface area (Å²) >= 11 is 0. The zero-order valence-electron chi connectivity index (χ0n) is 18.9. The number of alkyl carbamates (subject to hydrolysis) is 1. The van der Waals surface area contributed by atoms with E-state index in [-0.39, 0.29) is 12.5 Å². The molecule has 3 aromatic carbocycles. The van der Waals surface area contributed by atoms with E-state index >= 15 is 0 Å². The molecule has 0 spiro atoms. The first-order valence-corrected chi connectivity index (χ1v) is 11.1. The molecule has 2 amide bonds. The van der Waals surface area contributed by atoms with Crippen molar-refractivity contribution in [2.24, 2.45) is 5.84 Å². The number of fused-ring (bicyclic) bond motifs is 3. The quantitative estimate of drug-likeness (QED) is 0.203. The molecule has 0 atom stereocenters. The van der Waals surface area contributed by atoms with E-state index in [9.17, 15) is 9.59 Å². The van der Waals surface area contributed by atoms with Crippen LogP contribution in [0.25, 0.3) is 17.2 Å². The zero-order valence-corrected chi connectivity index (χ0v) is 18.9. The van der Waals surface area contributed by atoms with E-state index < -0.39 is 12.0 Å². The van der Waals surface area contributed by atoms with E-state index in [2.05, 4.69) is 35.0 Å². The van der Waals surface area contributed by atoms with E-state index in [0.717, 1.165) is 0 Å². The Balaban J connectivity index is 1.29. The molecule has 0 radical (unpaired) electrons. The Hall–Kier alpha value is -4.10. The number of nitrogens with one attached hydrogen (secondary N) is 2. The fraction of sp³-hybridized carbons (Fsp3) is 0.185. The van der Waals surface area contributed by atoms with Crippen molar-refractivity contribution in [1.29, 1.82) is 0 Å². The van der Waals surface area contributed by atoms with Crippen LogP contribution < -0.4 is 21.3 Å². The van der Waals surface area contributed by atoms with E-state index in [0.29, 0.717) is 29.8 Å². The maximum atomic E-state index is 12.3. The van der Waals surface area contributed by atoms with Crippen molar-refractivity contribution in [3.63, 3.8) is 0 Å². The lowest BCUT2D eigenvalue weighted by molar-refractivity contribution is 0.0953. The highest BCUT2D eigenvalue weighted by molar-refractivity contribution is 5.97. The van der Waals surface area contributed by atoms with Crippen molar-refractivity contribution in [3.8, 4) is 16.9 Å². The van der Waals surface area contributed by atoms with Gasteiger partial charge in [0.05, 0.1) is 12.7 Å². The third kappa shape index (κ3) is 4.94. The maximum Gasteiger partial charge on any atom is 0.407 e. The average Bonchev–Trinajstić information content (AvgIpc) is 3.20. The Morgan fingerprint density at radius 1 is 1.00 bits per heavy atom. The topological polar surface area (TPSA) is 103 Å². The fourth-order valence-electron chi connectivity index (χ4n) is 4.20. The van der Waals surface area contributed by atoms with Crippen LogP contribution in [0.5, 0.6) is 5.75 Å². The number of amides is 2. The van der Waals surface area contributed by atoms with Crippen LogP contribution in [0.1, 0.15) is 39.4 Å². The van der Waals surface area contributed by atoms with Crippen molar-refractivity contribution < 1.29 is 19.1 Å². The van der Waals surface area contributed by atoms with E-state index in [4.69, 9.17) is 15.3 Å². The van der Waals surface area contributed by atoms with Gasteiger partial charge in [-0.3, -0.25) is 10.2 Å². The lowest BCUT2D eigenvalue weighted by Crippen LogP contribution is -2.30. The number of hydrazine groups is 1. The van der Waals surface area contributed by atoms with Gasteiger partial charge in [0.1, 0.15) is 12.4 Å². The van der Waals surface area contributed by atoms with E-state index in [1.54, 1.807) is 18.2 Å². The van der Waals surface area contributed by atoms with Crippen LogP contribution >= 0.6 is 0 Å². The molecule has 0 heterocycles. The summed E-state index contributed by atoms with van der Waals surface area (Å²) in [6.45, 7) is 0.681. The van der Waals surface area contributed by atoms with Gasteiger partial charge in [0.15, 0.2) is 0 Å². The molecule has 0 saturated heterocycles. The number of nitrogen functional groups attached to an aromatic ring is 1.